The maximum absolute atomic E-state index is 7.44. The van der Waals surface area contributed by atoms with Crippen molar-refractivity contribution in [1.82, 2.24) is 0 Å². The maximum Gasteiger partial charge on any atom is 0.260 e. The van der Waals surface area contributed by atoms with Crippen LogP contribution in [0.4, 0.5) is 39.8 Å². The van der Waals surface area contributed by atoms with E-state index in [1.165, 1.54) is 50.3 Å². The van der Waals surface area contributed by atoms with E-state index in [2.05, 4.69) is 178 Å². The fourth-order valence-corrected chi connectivity index (χ4v) is 11.6. The van der Waals surface area contributed by atoms with Crippen LogP contribution in [0.2, 0.25) is 0 Å². The highest BCUT2D eigenvalue weighted by atomic mass is 16.5. The third-order valence-corrected chi connectivity index (χ3v) is 14.0. The van der Waals surface area contributed by atoms with Gasteiger partial charge in [-0.25, -0.2) is 0 Å². The summed E-state index contributed by atoms with van der Waals surface area (Å²) < 4.78 is 21.5. The van der Waals surface area contributed by atoms with Crippen LogP contribution in [0.25, 0.3) is 0 Å². The smallest absolute Gasteiger partial charge is 0.260 e. The van der Waals surface area contributed by atoms with E-state index in [0.29, 0.717) is 0 Å². The minimum atomic E-state index is -0.103. The zero-order valence-electron chi connectivity index (χ0n) is 34.1. The summed E-state index contributed by atoms with van der Waals surface area (Å²) >= 11 is 0. The van der Waals surface area contributed by atoms with E-state index in [4.69, 9.17) is 14.2 Å². The molecule has 0 spiro atoms. The van der Waals surface area contributed by atoms with Crippen LogP contribution in [0.5, 0.6) is 34.5 Å². The van der Waals surface area contributed by atoms with Crippen LogP contribution >= 0.6 is 0 Å². The normalized spacial score (nSPS) is 15.3. The molecular weight excluding hydrogens is 760 g/mol. The monoisotopic (exact) mass is 799 g/mol. The Morgan fingerprint density at radius 2 is 1.02 bits per heavy atom. The lowest BCUT2D eigenvalue weighted by Gasteiger charge is -2.46. The molecule has 0 aliphatic carbocycles. The molecule has 6 heterocycles. The molecule has 0 radical (unpaired) electrons. The summed E-state index contributed by atoms with van der Waals surface area (Å²) in [6.45, 7) is 2.05. The molecule has 0 aromatic heterocycles. The van der Waals surface area contributed by atoms with Gasteiger partial charge in [-0.1, -0.05) is 97.1 Å². The molecule has 0 fully saturated rings. The number of nitrogens with zero attached hydrogens (tertiary/aromatic N) is 3. The number of ether oxygens (including phenoxy) is 3. The molecule has 8 heteroatoms. The summed E-state index contributed by atoms with van der Waals surface area (Å²) in [6, 6.07) is 58.5. The van der Waals surface area contributed by atoms with Crippen LogP contribution in [-0.2, 0) is 12.8 Å². The van der Waals surface area contributed by atoms with E-state index < -0.39 is 0 Å². The minimum Gasteiger partial charge on any atom is -0.458 e. The zero-order valence-corrected chi connectivity index (χ0v) is 34.1. The molecule has 0 unspecified atom stereocenters. The molecule has 0 N–H and O–H groups in total. The number of benzene rings is 8. The van der Waals surface area contributed by atoms with Gasteiger partial charge in [0, 0.05) is 70.8 Å². The molecule has 0 saturated heterocycles. The van der Waals surface area contributed by atoms with Gasteiger partial charge >= 0.3 is 0 Å². The second kappa shape index (κ2) is 13.1. The highest BCUT2D eigenvalue weighted by molar-refractivity contribution is 7.01. The summed E-state index contributed by atoms with van der Waals surface area (Å²) in [7, 11) is 0. The minimum absolute atomic E-state index is 0.0207. The molecule has 6 aliphatic heterocycles. The molecule has 62 heavy (non-hydrogen) atoms. The molecule has 0 amide bonds. The van der Waals surface area contributed by atoms with Crippen LogP contribution in [0.3, 0.4) is 0 Å². The lowest BCUT2D eigenvalue weighted by molar-refractivity contribution is 0.453. The zero-order chi connectivity index (χ0) is 40.5. The van der Waals surface area contributed by atoms with Gasteiger partial charge in [-0.3, -0.25) is 0 Å². The molecule has 14 rings (SSSR count). The fourth-order valence-electron chi connectivity index (χ4n) is 11.6. The van der Waals surface area contributed by atoms with Crippen molar-refractivity contribution >= 4 is 86.0 Å². The molecule has 8 aromatic rings. The number of anilines is 7. The number of para-hydroxylation sites is 5. The van der Waals surface area contributed by atoms with Gasteiger partial charge in [-0.15, -0.1) is 0 Å². The van der Waals surface area contributed by atoms with Crippen molar-refractivity contribution in [3.63, 3.8) is 0 Å². The lowest BCUT2D eigenvalue weighted by Crippen LogP contribution is -2.63. The molecule has 8 aromatic carbocycles. The quantitative estimate of drug-likeness (QED) is 0.166. The van der Waals surface area contributed by atoms with Gasteiger partial charge in [0.05, 0.1) is 11.4 Å². The van der Waals surface area contributed by atoms with E-state index >= 15 is 0 Å². The van der Waals surface area contributed by atoms with Crippen molar-refractivity contribution in [1.29, 1.82) is 0 Å². The molecule has 0 atom stereocenters. The average molecular weight is 800 g/mol. The van der Waals surface area contributed by atoms with Gasteiger partial charge in [0.1, 0.15) is 34.5 Å². The molecule has 294 valence electrons. The van der Waals surface area contributed by atoms with Gasteiger partial charge in [0.25, 0.3) is 13.4 Å². The summed E-state index contributed by atoms with van der Waals surface area (Å²) in [4.78, 5) is 7.45. The van der Waals surface area contributed by atoms with Crippen LogP contribution < -0.4 is 61.7 Å². The highest BCUT2D eigenvalue weighted by Crippen LogP contribution is 2.52. The average Bonchev–Trinajstić information content (AvgIpc) is 3.33. The summed E-state index contributed by atoms with van der Waals surface area (Å²) in [5, 5.41) is 0. The number of hydrogen-bond acceptors (Lipinski definition) is 6. The Kier molecular flexibility index (Phi) is 7.27. The standard InChI is InChI=1S/C54H39B2N3O3/c1-4-16-34(17-5-1)58(35-18-6-2-7-19-35)37-30-48-50-49(31-37)61-46-33-47-43(32-42(46)56(50)41-25-11-13-27-45(41)60-48)55-40-24-10-12-26-44(40)59(36-20-8-3-9-21-36)53-38-22-14-28-57-29-15-23-39(52(38)57)54(62-47)51(53)55/h1-13,16-21,24-27,30-33H,14-15,22-23,28-29H2. The SMILES string of the molecule is c1ccc(N(c2ccccc2)c2cc3c4c(c2)Oc2cc5c(cc2B4c2ccccc2O3)B2c3ccccc3N(c3ccccc3)c3c4c6c(c(c32)O5)CCCN6CCC4)cc1. The Bertz CT molecular complexity index is 3120. The Morgan fingerprint density at radius 1 is 0.435 bits per heavy atom. The van der Waals surface area contributed by atoms with Gasteiger partial charge < -0.3 is 28.9 Å². The molecular formula is C54H39B2N3O3. The molecule has 0 bridgehead atoms. The van der Waals surface area contributed by atoms with Gasteiger partial charge in [0.2, 0.25) is 0 Å². The van der Waals surface area contributed by atoms with Gasteiger partial charge in [-0.05, 0) is 107 Å². The summed E-state index contributed by atoms with van der Waals surface area (Å²) in [5.41, 5.74) is 18.1. The van der Waals surface area contributed by atoms with Crippen LogP contribution in [-0.4, -0.2) is 26.5 Å². The number of rotatable bonds is 4. The van der Waals surface area contributed by atoms with Crippen molar-refractivity contribution < 1.29 is 14.2 Å². The highest BCUT2D eigenvalue weighted by Gasteiger charge is 2.49. The largest absolute Gasteiger partial charge is 0.458 e. The number of hydrogen-bond donors (Lipinski definition) is 0. The van der Waals surface area contributed by atoms with Crippen LogP contribution in [0.1, 0.15) is 24.0 Å². The van der Waals surface area contributed by atoms with Gasteiger partial charge in [-0.2, -0.15) is 0 Å². The third kappa shape index (κ3) is 4.83. The topological polar surface area (TPSA) is 37.4 Å². The second-order valence-corrected chi connectivity index (χ2v) is 17.3. The summed E-state index contributed by atoms with van der Waals surface area (Å²) in [6.07, 6.45) is 4.33. The summed E-state index contributed by atoms with van der Waals surface area (Å²) in [5.74, 6) is 5.19. The maximum atomic E-state index is 7.44. The Balaban J connectivity index is 1.00. The van der Waals surface area contributed by atoms with Crippen molar-refractivity contribution in [3.8, 4) is 34.5 Å². The van der Waals surface area contributed by atoms with Crippen molar-refractivity contribution in [3.05, 3.63) is 175 Å². The van der Waals surface area contributed by atoms with Crippen LogP contribution in [0.15, 0.2) is 164 Å². The third-order valence-electron chi connectivity index (χ3n) is 14.0. The Labute approximate surface area is 361 Å². The first-order valence-corrected chi connectivity index (χ1v) is 22.1. The number of fused-ring (bicyclic) bond motifs is 10. The van der Waals surface area contributed by atoms with E-state index in [9.17, 15) is 0 Å². The van der Waals surface area contributed by atoms with Gasteiger partial charge in [0.15, 0.2) is 0 Å². The van der Waals surface area contributed by atoms with E-state index in [1.54, 1.807) is 0 Å². The van der Waals surface area contributed by atoms with E-state index in [0.717, 1.165) is 107 Å². The predicted octanol–water partition coefficient (Wildman–Crippen LogP) is 8.99. The van der Waals surface area contributed by atoms with Crippen LogP contribution in [0, 0.1) is 0 Å². The first-order valence-electron chi connectivity index (χ1n) is 22.1. The Hall–Kier alpha value is -7.31. The van der Waals surface area contributed by atoms with Crippen molar-refractivity contribution in [2.45, 2.75) is 25.7 Å². The van der Waals surface area contributed by atoms with Crippen molar-refractivity contribution in [2.24, 2.45) is 0 Å². The lowest BCUT2D eigenvalue weighted by atomic mass is 9.31. The first-order chi connectivity index (χ1) is 30.8. The Morgan fingerprint density at radius 3 is 1.74 bits per heavy atom. The van der Waals surface area contributed by atoms with E-state index in [1.807, 2.05) is 0 Å². The van der Waals surface area contributed by atoms with Crippen molar-refractivity contribution in [2.75, 3.05) is 27.8 Å². The molecule has 0 saturated carbocycles. The molecule has 6 aliphatic rings. The first kappa shape index (κ1) is 34.4. The molecule has 6 nitrogen and oxygen atoms in total. The second-order valence-electron chi connectivity index (χ2n) is 17.3. The fraction of sp³-hybridized carbons (Fsp3) is 0.111. The predicted molar refractivity (Wildman–Crippen MR) is 254 cm³/mol. The van der Waals surface area contributed by atoms with E-state index in [-0.39, 0.29) is 13.4 Å².